The van der Waals surface area contributed by atoms with Gasteiger partial charge in [0, 0.05) is 13.1 Å². The van der Waals surface area contributed by atoms with Crippen molar-refractivity contribution in [2.75, 3.05) is 19.7 Å². The van der Waals surface area contributed by atoms with Crippen LogP contribution in [0.2, 0.25) is 0 Å². The van der Waals surface area contributed by atoms with Crippen molar-refractivity contribution in [1.29, 1.82) is 0 Å². The van der Waals surface area contributed by atoms with Gasteiger partial charge in [-0.3, -0.25) is 19.2 Å². The molecule has 1 aliphatic heterocycles. The van der Waals surface area contributed by atoms with Crippen molar-refractivity contribution in [3.05, 3.63) is 53.6 Å². The molecule has 45 heavy (non-hydrogen) atoms. The minimum absolute atomic E-state index is 0.138. The number of halogens is 3. The lowest BCUT2D eigenvalue weighted by molar-refractivity contribution is -0.152. The predicted molar refractivity (Wildman–Crippen MR) is 181 cm³/mol. The molecule has 1 aliphatic rings. The number of ether oxygens (including phenoxy) is 1. The molecular formula is C34H44Cl3N3O5. The van der Waals surface area contributed by atoms with Gasteiger partial charge in [-0.05, 0) is 73.9 Å². The Labute approximate surface area is 281 Å². The molecule has 2 N–H and O–H groups in total. The molecule has 246 valence electrons. The number of likely N-dealkylation sites (tertiary alicyclic amines) is 1. The third-order valence-corrected chi connectivity index (χ3v) is 8.35. The molecule has 1 fully saturated rings. The van der Waals surface area contributed by atoms with E-state index in [1.54, 1.807) is 20.8 Å². The summed E-state index contributed by atoms with van der Waals surface area (Å²) in [5.74, 6) is -2.44. The number of carbonyl (C=O) groups is 4. The van der Waals surface area contributed by atoms with Crippen molar-refractivity contribution in [3.8, 4) is 0 Å². The standard InChI is InChI=1S/C34H44Cl3N3O5/c1-7-23-10-12-25-13-11-24(18-27(25)17-23)14-15-33(5,6)32(44)39-28(21(2)3)29(41)38-22(4)30(42)40-16-8-9-26(19-40)31(43)45-20-34(35,36)37/h10-15,17-18,21-22,26,28H,7-9,16,19-20H2,1-6H3,(H,38,41)(H,39,44)/b15-14+. The molecule has 3 amide bonds. The van der Waals surface area contributed by atoms with E-state index in [1.807, 2.05) is 32.1 Å². The zero-order valence-electron chi connectivity index (χ0n) is 26.8. The van der Waals surface area contributed by atoms with Crippen LogP contribution in [0.1, 0.15) is 65.5 Å². The van der Waals surface area contributed by atoms with Crippen LogP contribution < -0.4 is 10.6 Å². The summed E-state index contributed by atoms with van der Waals surface area (Å²) >= 11 is 17.0. The van der Waals surface area contributed by atoms with Gasteiger partial charge in [0.25, 0.3) is 0 Å². The number of esters is 1. The summed E-state index contributed by atoms with van der Waals surface area (Å²) in [4.78, 5) is 53.9. The van der Waals surface area contributed by atoms with Crippen LogP contribution in [0.5, 0.6) is 0 Å². The van der Waals surface area contributed by atoms with Crippen LogP contribution in [0.15, 0.2) is 42.5 Å². The first-order chi connectivity index (χ1) is 21.0. The molecule has 1 heterocycles. The molecule has 0 aliphatic carbocycles. The third-order valence-electron chi connectivity index (χ3n) is 8.02. The number of fused-ring (bicyclic) bond motifs is 1. The minimum Gasteiger partial charge on any atom is -0.461 e. The Balaban J connectivity index is 1.61. The van der Waals surface area contributed by atoms with E-state index in [0.29, 0.717) is 19.4 Å². The van der Waals surface area contributed by atoms with Crippen LogP contribution >= 0.6 is 34.8 Å². The van der Waals surface area contributed by atoms with E-state index in [-0.39, 0.29) is 30.9 Å². The van der Waals surface area contributed by atoms with Gasteiger partial charge in [0.15, 0.2) is 0 Å². The zero-order chi connectivity index (χ0) is 33.5. The SMILES string of the molecule is CCc1ccc2ccc(/C=C/C(C)(C)C(=O)NC(C(=O)NC(C)C(=O)N3CCCC(C(=O)OCC(Cl)(Cl)Cl)C3)C(C)C)cc2c1. The average Bonchev–Trinajstić information content (AvgIpc) is 2.99. The highest BCUT2D eigenvalue weighted by Crippen LogP contribution is 2.28. The number of nitrogens with zero attached hydrogens (tertiary/aromatic N) is 1. The van der Waals surface area contributed by atoms with Gasteiger partial charge in [-0.25, -0.2) is 0 Å². The molecule has 8 nitrogen and oxygen atoms in total. The number of hydrogen-bond donors (Lipinski definition) is 2. The number of nitrogens with one attached hydrogen (secondary N) is 2. The summed E-state index contributed by atoms with van der Waals surface area (Å²) < 4.78 is 3.38. The van der Waals surface area contributed by atoms with Crippen molar-refractivity contribution < 1.29 is 23.9 Å². The first-order valence-corrected chi connectivity index (χ1v) is 16.5. The lowest BCUT2D eigenvalue weighted by Gasteiger charge is -2.34. The molecule has 3 unspecified atom stereocenters. The summed E-state index contributed by atoms with van der Waals surface area (Å²) in [5, 5.41) is 7.94. The number of alkyl halides is 3. The van der Waals surface area contributed by atoms with E-state index in [2.05, 4.69) is 47.9 Å². The number of aryl methyl sites for hydroxylation is 1. The summed E-state index contributed by atoms with van der Waals surface area (Å²) in [6.45, 7) is 11.2. The fourth-order valence-corrected chi connectivity index (χ4v) is 5.32. The van der Waals surface area contributed by atoms with Crippen LogP contribution in [0.3, 0.4) is 0 Å². The monoisotopic (exact) mass is 679 g/mol. The van der Waals surface area contributed by atoms with Gasteiger partial charge >= 0.3 is 5.97 Å². The second-order valence-electron chi connectivity index (χ2n) is 12.6. The molecule has 1 saturated heterocycles. The van der Waals surface area contributed by atoms with Gasteiger partial charge in [0.05, 0.1) is 11.3 Å². The van der Waals surface area contributed by atoms with Crippen molar-refractivity contribution in [3.63, 3.8) is 0 Å². The molecule has 0 radical (unpaired) electrons. The largest absolute Gasteiger partial charge is 0.461 e. The highest BCUT2D eigenvalue weighted by molar-refractivity contribution is 6.67. The summed E-state index contributed by atoms with van der Waals surface area (Å²) in [6, 6.07) is 10.8. The van der Waals surface area contributed by atoms with Crippen LogP contribution in [0.25, 0.3) is 16.8 Å². The number of rotatable bonds is 11. The van der Waals surface area contributed by atoms with Crippen molar-refractivity contribution >= 4 is 75.3 Å². The quantitative estimate of drug-likeness (QED) is 0.216. The van der Waals surface area contributed by atoms with Gasteiger partial charge in [0.2, 0.25) is 21.5 Å². The number of amides is 3. The molecule has 0 spiro atoms. The third kappa shape index (κ3) is 10.6. The number of hydrogen-bond acceptors (Lipinski definition) is 5. The lowest BCUT2D eigenvalue weighted by Crippen LogP contribution is -2.57. The van der Waals surface area contributed by atoms with Gasteiger partial charge in [0.1, 0.15) is 18.7 Å². The molecule has 2 aromatic rings. The maximum atomic E-state index is 13.4. The number of benzene rings is 2. The Morgan fingerprint density at radius 3 is 2.36 bits per heavy atom. The first kappa shape index (κ1) is 36.7. The first-order valence-electron chi connectivity index (χ1n) is 15.4. The van der Waals surface area contributed by atoms with Crippen molar-refractivity contribution in [2.24, 2.45) is 17.3 Å². The maximum absolute atomic E-state index is 13.4. The lowest BCUT2D eigenvalue weighted by atomic mass is 9.89. The highest BCUT2D eigenvalue weighted by atomic mass is 35.6. The fourth-order valence-electron chi connectivity index (χ4n) is 5.16. The van der Waals surface area contributed by atoms with Gasteiger partial charge in [-0.2, -0.15) is 0 Å². The van der Waals surface area contributed by atoms with Crippen LogP contribution in [0.4, 0.5) is 0 Å². The molecule has 11 heteroatoms. The van der Waals surface area contributed by atoms with Crippen LogP contribution in [0, 0.1) is 17.3 Å². The fraction of sp³-hybridized carbons (Fsp3) is 0.529. The second-order valence-corrected chi connectivity index (χ2v) is 15.1. The average molecular weight is 681 g/mol. The Morgan fingerprint density at radius 1 is 1.02 bits per heavy atom. The van der Waals surface area contributed by atoms with E-state index in [0.717, 1.165) is 22.8 Å². The molecular weight excluding hydrogens is 637 g/mol. The van der Waals surface area contributed by atoms with Crippen molar-refractivity contribution in [2.45, 2.75) is 76.7 Å². The predicted octanol–water partition coefficient (Wildman–Crippen LogP) is 6.24. The maximum Gasteiger partial charge on any atom is 0.310 e. The highest BCUT2D eigenvalue weighted by Gasteiger charge is 2.35. The van der Waals surface area contributed by atoms with E-state index >= 15 is 0 Å². The molecule has 0 saturated carbocycles. The molecule has 3 rings (SSSR count). The van der Waals surface area contributed by atoms with Gasteiger partial charge < -0.3 is 20.3 Å². The smallest absolute Gasteiger partial charge is 0.310 e. The van der Waals surface area contributed by atoms with Crippen LogP contribution in [-0.4, -0.2) is 64.2 Å². The molecule has 3 atom stereocenters. The van der Waals surface area contributed by atoms with Gasteiger partial charge in [-0.15, -0.1) is 0 Å². The van der Waals surface area contributed by atoms with Crippen molar-refractivity contribution in [1.82, 2.24) is 15.5 Å². The Kier molecular flexibility index (Phi) is 12.8. The van der Waals surface area contributed by atoms with E-state index in [4.69, 9.17) is 39.5 Å². The minimum atomic E-state index is -1.72. The molecule has 0 aromatic heterocycles. The molecule has 0 bridgehead atoms. The topological polar surface area (TPSA) is 105 Å². The Morgan fingerprint density at radius 2 is 1.71 bits per heavy atom. The Bertz CT molecular complexity index is 1420. The summed E-state index contributed by atoms with van der Waals surface area (Å²) in [7, 11) is 0. The van der Waals surface area contributed by atoms with E-state index in [9.17, 15) is 19.2 Å². The van der Waals surface area contributed by atoms with E-state index in [1.165, 1.54) is 10.5 Å². The summed E-state index contributed by atoms with van der Waals surface area (Å²) in [6.07, 6.45) is 5.83. The summed E-state index contributed by atoms with van der Waals surface area (Å²) in [5.41, 5.74) is 1.32. The van der Waals surface area contributed by atoms with Gasteiger partial charge in [-0.1, -0.05) is 98.1 Å². The number of piperidine rings is 1. The number of carbonyl (C=O) groups excluding carboxylic acids is 4. The second kappa shape index (κ2) is 15.7. The molecule has 2 aromatic carbocycles. The Hall–Kier alpha value is -2.81. The normalized spacial score (nSPS) is 17.3. The van der Waals surface area contributed by atoms with E-state index < -0.39 is 39.1 Å². The van der Waals surface area contributed by atoms with Crippen LogP contribution in [-0.2, 0) is 30.3 Å². The zero-order valence-corrected chi connectivity index (χ0v) is 29.1.